The number of halogens is 4. The standard InChI is InChI=1S/C14H10FN3S.C7H5F3OS/c15-10-6-4-9(5-7-10)13-12(18-14(16)19-13)11-3-1-2-8-17-11;8-7(9,10)11-5-2-1-3-6(12)4-5/h1-8H,(H2,16,18);1-4,12H. The fourth-order valence-corrected chi connectivity index (χ4v) is 3.55. The zero-order valence-corrected chi connectivity index (χ0v) is 17.4. The van der Waals surface area contributed by atoms with Crippen LogP contribution in [0, 0.1) is 5.82 Å². The quantitative estimate of drug-likeness (QED) is 0.269. The summed E-state index contributed by atoms with van der Waals surface area (Å²) in [5.41, 5.74) is 8.17. The van der Waals surface area contributed by atoms with Crippen molar-refractivity contribution in [2.24, 2.45) is 0 Å². The molecule has 2 heterocycles. The van der Waals surface area contributed by atoms with E-state index >= 15 is 0 Å². The van der Waals surface area contributed by atoms with Crippen LogP contribution in [-0.2, 0) is 0 Å². The van der Waals surface area contributed by atoms with Gasteiger partial charge in [0.05, 0.1) is 10.6 Å². The van der Waals surface area contributed by atoms with Crippen LogP contribution in [0.25, 0.3) is 21.8 Å². The van der Waals surface area contributed by atoms with Crippen LogP contribution < -0.4 is 10.5 Å². The number of rotatable bonds is 3. The van der Waals surface area contributed by atoms with Crippen molar-refractivity contribution in [3.05, 3.63) is 78.7 Å². The maximum Gasteiger partial charge on any atom is 0.573 e. The molecule has 0 atom stereocenters. The van der Waals surface area contributed by atoms with Crippen molar-refractivity contribution in [1.82, 2.24) is 9.97 Å². The zero-order valence-electron chi connectivity index (χ0n) is 15.7. The van der Waals surface area contributed by atoms with Gasteiger partial charge >= 0.3 is 6.36 Å². The van der Waals surface area contributed by atoms with E-state index in [0.29, 0.717) is 10.0 Å². The number of alkyl halides is 3. The minimum atomic E-state index is -4.64. The summed E-state index contributed by atoms with van der Waals surface area (Å²) in [7, 11) is 0. The number of hydrogen-bond donors (Lipinski definition) is 2. The number of nitrogens with zero attached hydrogens (tertiary/aromatic N) is 2. The lowest BCUT2D eigenvalue weighted by molar-refractivity contribution is -0.274. The van der Waals surface area contributed by atoms with Crippen molar-refractivity contribution in [3.8, 4) is 27.6 Å². The van der Waals surface area contributed by atoms with E-state index < -0.39 is 6.36 Å². The van der Waals surface area contributed by atoms with E-state index in [2.05, 4.69) is 27.3 Å². The minimum Gasteiger partial charge on any atom is -0.406 e. The van der Waals surface area contributed by atoms with Crippen LogP contribution in [0.2, 0.25) is 0 Å². The predicted octanol–water partition coefficient (Wildman–Crippen LogP) is 6.47. The summed E-state index contributed by atoms with van der Waals surface area (Å²) in [6, 6.07) is 17.3. The molecule has 0 aliphatic rings. The smallest absolute Gasteiger partial charge is 0.406 e. The number of anilines is 1. The number of thiol groups is 1. The van der Waals surface area contributed by atoms with Gasteiger partial charge in [-0.2, -0.15) is 0 Å². The number of pyridine rings is 1. The van der Waals surface area contributed by atoms with Crippen LogP contribution in [0.1, 0.15) is 0 Å². The summed E-state index contributed by atoms with van der Waals surface area (Å²) in [5.74, 6) is -0.518. The van der Waals surface area contributed by atoms with Gasteiger partial charge < -0.3 is 10.5 Å². The first-order valence-electron chi connectivity index (χ1n) is 8.70. The van der Waals surface area contributed by atoms with Crippen LogP contribution in [0.15, 0.2) is 77.8 Å². The van der Waals surface area contributed by atoms with Gasteiger partial charge in [0.25, 0.3) is 0 Å². The van der Waals surface area contributed by atoms with E-state index in [4.69, 9.17) is 5.73 Å². The lowest BCUT2D eigenvalue weighted by Gasteiger charge is -2.08. The highest BCUT2D eigenvalue weighted by molar-refractivity contribution is 7.80. The van der Waals surface area contributed by atoms with Crippen LogP contribution >= 0.6 is 24.0 Å². The monoisotopic (exact) mass is 465 g/mol. The average molecular weight is 465 g/mol. The third kappa shape index (κ3) is 6.69. The Morgan fingerprint density at radius 1 is 0.968 bits per heavy atom. The summed E-state index contributed by atoms with van der Waals surface area (Å²) in [6.07, 6.45) is -2.93. The molecule has 2 aromatic heterocycles. The SMILES string of the molecule is FC(F)(F)Oc1cccc(S)c1.Nc1nc(-c2ccccn2)c(-c2ccc(F)cc2)s1. The molecule has 4 rings (SSSR count). The molecule has 4 aromatic rings. The number of hydrogen-bond acceptors (Lipinski definition) is 6. The third-order valence-electron chi connectivity index (χ3n) is 3.71. The molecule has 0 bridgehead atoms. The largest absolute Gasteiger partial charge is 0.573 e. The molecule has 0 fully saturated rings. The summed E-state index contributed by atoms with van der Waals surface area (Å²) in [5, 5.41) is 0.472. The van der Waals surface area contributed by atoms with Gasteiger partial charge in [-0.1, -0.05) is 35.6 Å². The molecule has 2 N–H and O–H groups in total. The first kappa shape index (κ1) is 22.6. The molecule has 0 saturated heterocycles. The van der Waals surface area contributed by atoms with Crippen LogP contribution in [0.5, 0.6) is 5.75 Å². The lowest BCUT2D eigenvalue weighted by atomic mass is 10.1. The number of benzene rings is 2. The third-order valence-corrected chi connectivity index (χ3v) is 4.92. The van der Waals surface area contributed by atoms with Crippen LogP contribution in [0.3, 0.4) is 0 Å². The van der Waals surface area contributed by atoms with E-state index in [1.807, 2.05) is 18.2 Å². The number of ether oxygens (including phenoxy) is 1. The van der Waals surface area contributed by atoms with Gasteiger partial charge in [0, 0.05) is 11.1 Å². The molecule has 0 aliphatic carbocycles. The highest BCUT2D eigenvalue weighted by Crippen LogP contribution is 2.37. The summed E-state index contributed by atoms with van der Waals surface area (Å²) >= 11 is 5.23. The first-order valence-corrected chi connectivity index (χ1v) is 9.96. The summed E-state index contributed by atoms with van der Waals surface area (Å²) in [4.78, 5) is 9.93. The lowest BCUT2D eigenvalue weighted by Crippen LogP contribution is -2.16. The Hall–Kier alpha value is -3.11. The Bertz CT molecular complexity index is 1130. The molecule has 160 valence electrons. The fourth-order valence-electron chi connectivity index (χ4n) is 2.49. The predicted molar refractivity (Wildman–Crippen MR) is 116 cm³/mol. The van der Waals surface area contributed by atoms with Crippen molar-refractivity contribution in [2.75, 3.05) is 5.73 Å². The van der Waals surface area contributed by atoms with Crippen molar-refractivity contribution in [3.63, 3.8) is 0 Å². The second kappa shape index (κ2) is 9.80. The Labute approximate surface area is 184 Å². The second-order valence-corrected chi connectivity index (χ2v) is 7.54. The maximum atomic E-state index is 13.0. The topological polar surface area (TPSA) is 61.0 Å². The molecule has 10 heteroatoms. The molecule has 0 unspecified atom stereocenters. The molecule has 4 nitrogen and oxygen atoms in total. The normalized spacial score (nSPS) is 10.9. The Balaban J connectivity index is 0.000000196. The van der Waals surface area contributed by atoms with Crippen molar-refractivity contribution in [2.45, 2.75) is 11.3 Å². The van der Waals surface area contributed by atoms with Gasteiger partial charge in [-0.15, -0.1) is 25.8 Å². The van der Waals surface area contributed by atoms with Gasteiger partial charge in [-0.05, 0) is 48.0 Å². The van der Waals surface area contributed by atoms with Gasteiger partial charge in [-0.25, -0.2) is 9.37 Å². The zero-order chi connectivity index (χ0) is 22.4. The molecule has 31 heavy (non-hydrogen) atoms. The highest BCUT2D eigenvalue weighted by Gasteiger charge is 2.30. The highest BCUT2D eigenvalue weighted by atomic mass is 32.1. The average Bonchev–Trinajstić information content (AvgIpc) is 3.10. The maximum absolute atomic E-state index is 13.0. The van der Waals surface area contributed by atoms with Gasteiger partial charge in [0.15, 0.2) is 5.13 Å². The van der Waals surface area contributed by atoms with Crippen LogP contribution in [0.4, 0.5) is 22.7 Å². The van der Waals surface area contributed by atoms with Crippen molar-refractivity contribution < 1.29 is 22.3 Å². The van der Waals surface area contributed by atoms with E-state index in [0.717, 1.165) is 21.8 Å². The summed E-state index contributed by atoms with van der Waals surface area (Å²) in [6.45, 7) is 0. The first-order chi connectivity index (χ1) is 14.7. The van der Waals surface area contributed by atoms with Gasteiger partial charge in [-0.3, -0.25) is 4.98 Å². The number of nitrogen functional groups attached to an aromatic ring is 1. The number of nitrogens with two attached hydrogens (primary N) is 1. The van der Waals surface area contributed by atoms with E-state index in [1.165, 1.54) is 41.7 Å². The molecule has 0 spiro atoms. The van der Waals surface area contributed by atoms with Gasteiger partial charge in [0.2, 0.25) is 0 Å². The number of thiazole rings is 1. The van der Waals surface area contributed by atoms with E-state index in [1.54, 1.807) is 24.4 Å². The molecular formula is C21H15F4N3OS2. The molecule has 0 amide bonds. The number of aromatic nitrogens is 2. The van der Waals surface area contributed by atoms with Gasteiger partial charge in [0.1, 0.15) is 17.3 Å². The summed E-state index contributed by atoms with van der Waals surface area (Å²) < 4.78 is 51.5. The van der Waals surface area contributed by atoms with Crippen LogP contribution in [-0.4, -0.2) is 16.3 Å². The van der Waals surface area contributed by atoms with E-state index in [-0.39, 0.29) is 11.6 Å². The van der Waals surface area contributed by atoms with Crippen molar-refractivity contribution in [1.29, 1.82) is 0 Å². The second-order valence-electron chi connectivity index (χ2n) is 6.00. The molecule has 0 saturated carbocycles. The molecular weight excluding hydrogens is 450 g/mol. The Kier molecular flexibility index (Phi) is 7.13. The van der Waals surface area contributed by atoms with E-state index in [9.17, 15) is 17.6 Å². The molecule has 0 aliphatic heterocycles. The molecule has 0 radical (unpaired) electrons. The van der Waals surface area contributed by atoms with Crippen molar-refractivity contribution >= 4 is 29.1 Å². The Morgan fingerprint density at radius 2 is 1.71 bits per heavy atom. The Morgan fingerprint density at radius 3 is 2.32 bits per heavy atom. The molecule has 2 aromatic carbocycles. The minimum absolute atomic E-state index is 0.255. The fraction of sp³-hybridized carbons (Fsp3) is 0.0476.